The van der Waals surface area contributed by atoms with Crippen LogP contribution in [0.15, 0.2) is 46.2 Å². The SMILES string of the molecule is Cc1[nH]c(C(=O)Nc2ccc(S(=O)(=O)N3CCCCC3)cc2OCCOCCOCCOCCOCCOCCOCCOCCOCCOc2cc(S(=O)(=O)N3CCCCC3)ccc2NC(=O)c2[nH]c(C)c3c2CCCCC3=O)c2c1C(=O)CCCC2. The van der Waals surface area contributed by atoms with E-state index in [2.05, 4.69) is 20.6 Å². The van der Waals surface area contributed by atoms with Crippen molar-refractivity contribution in [1.29, 1.82) is 0 Å². The largest absolute Gasteiger partial charge is 0.489 e. The van der Waals surface area contributed by atoms with E-state index in [0.717, 1.165) is 64.2 Å². The number of aromatic amines is 2. The molecule has 8 rings (SSSR count). The van der Waals surface area contributed by atoms with Gasteiger partial charge in [0, 0.05) is 73.7 Å². The minimum atomic E-state index is -3.78. The lowest BCUT2D eigenvalue weighted by atomic mass is 10.0. The van der Waals surface area contributed by atoms with Gasteiger partial charge in [-0.2, -0.15) is 8.61 Å². The minimum absolute atomic E-state index is 0.0230. The number of nitrogens with one attached hydrogen (secondary N) is 4. The monoisotopic (exact) mass is 1270 g/mol. The van der Waals surface area contributed by atoms with Gasteiger partial charge in [-0.15, -0.1) is 0 Å². The first-order chi connectivity index (χ1) is 42.7. The first-order valence-corrected chi connectivity index (χ1v) is 33.9. The Bertz CT molecular complexity index is 2950. The Morgan fingerprint density at radius 3 is 1.03 bits per heavy atom. The van der Waals surface area contributed by atoms with Gasteiger partial charge in [0.15, 0.2) is 11.6 Å². The summed E-state index contributed by atoms with van der Waals surface area (Å²) in [5, 5.41) is 5.79. The van der Waals surface area contributed by atoms with E-state index in [-0.39, 0.29) is 72.5 Å². The van der Waals surface area contributed by atoms with Crippen LogP contribution in [0.2, 0.25) is 0 Å². The van der Waals surface area contributed by atoms with Crippen molar-refractivity contribution in [3.05, 3.63) is 81.4 Å². The number of H-pyrrole nitrogens is 2. The Balaban J connectivity index is 0.622. The molecule has 0 bridgehead atoms. The van der Waals surface area contributed by atoms with Crippen molar-refractivity contribution in [1.82, 2.24) is 18.6 Å². The third-order valence-electron chi connectivity index (χ3n) is 15.6. The lowest BCUT2D eigenvalue weighted by Gasteiger charge is -2.26. The van der Waals surface area contributed by atoms with Crippen LogP contribution in [0.5, 0.6) is 11.5 Å². The summed E-state index contributed by atoms with van der Waals surface area (Å²) >= 11 is 0. The predicted octanol–water partition coefficient (Wildman–Crippen LogP) is 7.22. The number of carbonyl (C=O) groups is 4. The van der Waals surface area contributed by atoms with Crippen LogP contribution in [0.4, 0.5) is 11.4 Å². The average Bonchev–Trinajstić information content (AvgIpc) is 1.81. The van der Waals surface area contributed by atoms with Crippen molar-refractivity contribution in [2.24, 2.45) is 0 Å². The van der Waals surface area contributed by atoms with Crippen LogP contribution in [-0.4, -0.2) is 204 Å². The van der Waals surface area contributed by atoms with E-state index in [0.29, 0.717) is 188 Å². The van der Waals surface area contributed by atoms with Crippen molar-refractivity contribution < 1.29 is 83.4 Å². The summed E-state index contributed by atoms with van der Waals surface area (Å²) in [7, 11) is -7.57. The van der Waals surface area contributed by atoms with Crippen molar-refractivity contribution in [2.75, 3.05) is 156 Å². The molecule has 0 radical (unpaired) electrons. The van der Waals surface area contributed by atoms with Gasteiger partial charge < -0.3 is 68.0 Å². The Labute approximate surface area is 516 Å². The highest BCUT2D eigenvalue weighted by molar-refractivity contribution is 7.89. The van der Waals surface area contributed by atoms with Crippen molar-refractivity contribution in [3.63, 3.8) is 0 Å². The number of aryl methyl sites for hydroxylation is 2. The molecule has 2 aromatic heterocycles. The third kappa shape index (κ3) is 19.4. The van der Waals surface area contributed by atoms with E-state index in [1.165, 1.54) is 45.0 Å². The summed E-state index contributed by atoms with van der Waals surface area (Å²) in [5.74, 6) is -0.470. The third-order valence-corrected chi connectivity index (χ3v) is 19.4. The number of nitrogens with zero attached hydrogens (tertiary/aromatic N) is 2. The smallest absolute Gasteiger partial charge is 0.272 e. The second-order valence-electron chi connectivity index (χ2n) is 22.0. The maximum atomic E-state index is 13.7. The summed E-state index contributed by atoms with van der Waals surface area (Å²) in [5.41, 5.74) is 5.11. The van der Waals surface area contributed by atoms with E-state index >= 15 is 0 Å². The van der Waals surface area contributed by atoms with Gasteiger partial charge in [0.1, 0.15) is 36.1 Å². The van der Waals surface area contributed by atoms with Gasteiger partial charge >= 0.3 is 0 Å². The number of hydrogen-bond donors (Lipinski definition) is 4. The van der Waals surface area contributed by atoms with Crippen LogP contribution in [0.25, 0.3) is 0 Å². The fourth-order valence-corrected chi connectivity index (χ4v) is 14.2. The van der Waals surface area contributed by atoms with Crippen molar-refractivity contribution in [2.45, 2.75) is 114 Å². The first kappa shape index (κ1) is 68.3. The lowest BCUT2D eigenvalue weighted by molar-refractivity contribution is -0.0241. The number of rotatable bonds is 37. The quantitative estimate of drug-likeness (QED) is 0.0256. The van der Waals surface area contributed by atoms with Gasteiger partial charge in [0.2, 0.25) is 20.0 Å². The number of carbonyl (C=O) groups excluding carboxylic acids is 4. The van der Waals surface area contributed by atoms with Crippen LogP contribution in [0.3, 0.4) is 0 Å². The predicted molar refractivity (Wildman–Crippen MR) is 326 cm³/mol. The van der Waals surface area contributed by atoms with E-state index in [9.17, 15) is 36.0 Å². The van der Waals surface area contributed by atoms with Crippen LogP contribution in [0, 0.1) is 13.8 Å². The maximum Gasteiger partial charge on any atom is 0.272 e. The molecule has 0 spiro atoms. The van der Waals surface area contributed by atoms with E-state index in [1.54, 1.807) is 13.8 Å². The van der Waals surface area contributed by atoms with Crippen LogP contribution >= 0.6 is 0 Å². The highest BCUT2D eigenvalue weighted by atomic mass is 32.2. The van der Waals surface area contributed by atoms with E-state index < -0.39 is 31.9 Å². The van der Waals surface area contributed by atoms with Crippen LogP contribution in [0.1, 0.15) is 141 Å². The Hall–Kier alpha value is -5.62. The molecule has 2 aromatic carbocycles. The number of sulfonamides is 2. The summed E-state index contributed by atoms with van der Waals surface area (Å²) in [4.78, 5) is 59.4. The van der Waals surface area contributed by atoms with Gasteiger partial charge in [-0.05, 0) is 113 Å². The number of ether oxygens (including phenoxy) is 10. The molecule has 26 heteroatoms. The molecule has 4 N–H and O–H groups in total. The summed E-state index contributed by atoms with van der Waals surface area (Å²) < 4.78 is 114. The van der Waals surface area contributed by atoms with Gasteiger partial charge in [-0.3, -0.25) is 19.2 Å². The molecule has 486 valence electrons. The van der Waals surface area contributed by atoms with Crippen molar-refractivity contribution in [3.8, 4) is 11.5 Å². The van der Waals surface area contributed by atoms with Crippen LogP contribution < -0.4 is 20.1 Å². The molecular formula is C62H88N6O18S2. The zero-order chi connectivity index (χ0) is 62.1. The molecule has 4 heterocycles. The summed E-state index contributed by atoms with van der Waals surface area (Å²) in [6, 6.07) is 8.91. The Morgan fingerprint density at radius 2 is 0.716 bits per heavy atom. The van der Waals surface area contributed by atoms with E-state index in [1.807, 2.05) is 0 Å². The standard InChI is InChI=1S/C62H88N6O18S2/c1-45-57-49(13-5-7-15-53(57)69)59(63-45)61(71)65-51-19-17-47(87(73,74)67-21-9-3-10-22-67)43-55(51)85-41-39-83-37-35-81-33-31-79-29-27-77-25-26-78-28-30-80-32-34-82-36-38-84-40-42-86-56-44-48(88(75,76)68-23-11-4-12-24-68)18-20-52(56)66-62(72)60-50-14-6-8-16-54(70)58(50)46(2)64-60/h17-20,43-44,63-64H,3-16,21-42H2,1-2H3,(H,65,71)(H,66,72). The number of anilines is 2. The average molecular weight is 1270 g/mol. The first-order valence-electron chi connectivity index (χ1n) is 31.0. The topological polar surface area (TPSA) is 291 Å². The number of piperidine rings is 2. The minimum Gasteiger partial charge on any atom is -0.489 e. The van der Waals surface area contributed by atoms with Crippen molar-refractivity contribution >= 4 is 54.8 Å². The molecule has 2 fully saturated rings. The highest BCUT2D eigenvalue weighted by Crippen LogP contribution is 2.35. The molecule has 0 atom stereocenters. The molecule has 2 saturated heterocycles. The lowest BCUT2D eigenvalue weighted by Crippen LogP contribution is -2.35. The second kappa shape index (κ2) is 35.1. The Morgan fingerprint density at radius 1 is 0.420 bits per heavy atom. The van der Waals surface area contributed by atoms with Gasteiger partial charge in [0.05, 0.1) is 127 Å². The highest BCUT2D eigenvalue weighted by Gasteiger charge is 2.32. The molecule has 4 aromatic rings. The number of aromatic nitrogens is 2. The number of fused-ring (bicyclic) bond motifs is 2. The Kier molecular flexibility index (Phi) is 27.2. The molecule has 0 saturated carbocycles. The van der Waals surface area contributed by atoms with Gasteiger partial charge in [0.25, 0.3) is 11.8 Å². The van der Waals surface area contributed by atoms with Gasteiger partial charge in [-0.25, -0.2) is 16.8 Å². The molecule has 2 aliphatic heterocycles. The fourth-order valence-electron chi connectivity index (χ4n) is 11.1. The zero-order valence-corrected chi connectivity index (χ0v) is 52.6. The summed E-state index contributed by atoms with van der Waals surface area (Å²) in [6.07, 6.45) is 10.3. The van der Waals surface area contributed by atoms with Crippen LogP contribution in [-0.2, 0) is 70.8 Å². The molecule has 24 nitrogen and oxygen atoms in total. The number of hydrogen-bond acceptors (Lipinski definition) is 18. The number of Topliss-reactive ketones (excluding diaryl/α,β-unsaturated/α-hetero) is 2. The maximum absolute atomic E-state index is 13.7. The fraction of sp³-hybridized carbons (Fsp3) is 0.613. The normalized spacial score (nSPS) is 16.2. The molecule has 2 aliphatic carbocycles. The molecule has 88 heavy (non-hydrogen) atoms. The molecule has 0 unspecified atom stereocenters. The molecular weight excluding hydrogens is 1180 g/mol. The summed E-state index contributed by atoms with van der Waals surface area (Å²) in [6.45, 7) is 10.9. The molecule has 4 aliphatic rings. The second-order valence-corrected chi connectivity index (χ2v) is 25.8. The number of ketones is 2. The molecule has 2 amide bonds. The number of benzene rings is 2. The van der Waals surface area contributed by atoms with Gasteiger partial charge in [-0.1, -0.05) is 12.8 Å². The zero-order valence-electron chi connectivity index (χ0n) is 51.0. The number of amides is 2. The van der Waals surface area contributed by atoms with E-state index in [4.69, 9.17) is 47.4 Å².